The van der Waals surface area contributed by atoms with Crippen molar-refractivity contribution >= 4 is 35.6 Å². The molecule has 0 aliphatic rings. The number of anilines is 1. The Kier molecular flexibility index (Phi) is 8.70. The number of nitrogens with one attached hydrogen (secondary N) is 1. The standard InChI is InChI=1S/C13H20FN3.HI/c1-10(2)11-5-3-6-12(9-11)17-13(15)16-8-4-7-14;/h3,5-6,9-10H,4,7-8H2,1-2H3,(H3,15,16,17);1H. The number of nitrogens with two attached hydrogens (primary N) is 1. The lowest BCUT2D eigenvalue weighted by Gasteiger charge is -2.09. The predicted octanol–water partition coefficient (Wildman–Crippen LogP) is 3.51. The number of hydrogen-bond acceptors (Lipinski definition) is 1. The van der Waals surface area contributed by atoms with Crippen LogP contribution in [0.5, 0.6) is 0 Å². The third-order valence-electron chi connectivity index (χ3n) is 2.40. The second-order valence-corrected chi connectivity index (χ2v) is 4.21. The highest BCUT2D eigenvalue weighted by Gasteiger charge is 2.00. The van der Waals surface area contributed by atoms with Crippen molar-refractivity contribution in [2.75, 3.05) is 18.5 Å². The van der Waals surface area contributed by atoms with Gasteiger partial charge in [-0.3, -0.25) is 9.38 Å². The lowest BCUT2D eigenvalue weighted by atomic mass is 10.0. The van der Waals surface area contributed by atoms with Gasteiger partial charge in [-0.2, -0.15) is 0 Å². The summed E-state index contributed by atoms with van der Waals surface area (Å²) in [6, 6.07) is 8.03. The highest BCUT2D eigenvalue weighted by Crippen LogP contribution is 2.18. The van der Waals surface area contributed by atoms with Gasteiger partial charge in [-0.1, -0.05) is 26.0 Å². The molecule has 0 amide bonds. The van der Waals surface area contributed by atoms with Crippen LogP contribution in [-0.4, -0.2) is 19.2 Å². The molecule has 0 saturated heterocycles. The summed E-state index contributed by atoms with van der Waals surface area (Å²) in [7, 11) is 0. The summed E-state index contributed by atoms with van der Waals surface area (Å²) in [6.07, 6.45) is 0.411. The number of alkyl halides is 1. The maximum absolute atomic E-state index is 11.9. The van der Waals surface area contributed by atoms with E-state index in [1.165, 1.54) is 5.56 Å². The minimum atomic E-state index is -0.361. The van der Waals surface area contributed by atoms with Gasteiger partial charge in [0, 0.05) is 12.2 Å². The first-order valence-corrected chi connectivity index (χ1v) is 5.86. The van der Waals surface area contributed by atoms with Crippen molar-refractivity contribution in [3.05, 3.63) is 29.8 Å². The normalized spacial score (nSPS) is 11.2. The molecule has 0 radical (unpaired) electrons. The van der Waals surface area contributed by atoms with Gasteiger partial charge in [-0.25, -0.2) is 0 Å². The Balaban J connectivity index is 0.00000289. The van der Waals surface area contributed by atoms with Crippen LogP contribution in [0.4, 0.5) is 10.1 Å². The van der Waals surface area contributed by atoms with Crippen LogP contribution in [0.2, 0.25) is 0 Å². The summed E-state index contributed by atoms with van der Waals surface area (Å²) in [5.74, 6) is 0.806. The van der Waals surface area contributed by atoms with Gasteiger partial charge < -0.3 is 11.1 Å². The van der Waals surface area contributed by atoms with Gasteiger partial charge in [-0.15, -0.1) is 24.0 Å². The van der Waals surface area contributed by atoms with E-state index in [0.717, 1.165) is 5.69 Å². The van der Waals surface area contributed by atoms with Crippen molar-refractivity contribution in [3.8, 4) is 0 Å². The molecule has 0 bridgehead atoms. The van der Waals surface area contributed by atoms with E-state index in [-0.39, 0.29) is 30.7 Å². The van der Waals surface area contributed by atoms with E-state index < -0.39 is 0 Å². The molecule has 1 aromatic rings. The summed E-state index contributed by atoms with van der Waals surface area (Å²) in [5.41, 5.74) is 7.85. The summed E-state index contributed by atoms with van der Waals surface area (Å²) in [4.78, 5) is 4.03. The molecule has 3 N–H and O–H groups in total. The van der Waals surface area contributed by atoms with Crippen LogP contribution in [0, 0.1) is 0 Å². The van der Waals surface area contributed by atoms with Gasteiger partial charge in [0.05, 0.1) is 6.67 Å². The average Bonchev–Trinajstić information content (AvgIpc) is 2.29. The Hall–Kier alpha value is -0.850. The molecular weight excluding hydrogens is 344 g/mol. The van der Waals surface area contributed by atoms with E-state index in [1.54, 1.807) is 0 Å². The maximum atomic E-state index is 11.9. The molecule has 5 heteroatoms. The van der Waals surface area contributed by atoms with Crippen molar-refractivity contribution in [1.82, 2.24) is 0 Å². The summed E-state index contributed by atoms with van der Waals surface area (Å²) in [6.45, 7) is 4.33. The van der Waals surface area contributed by atoms with Crippen LogP contribution < -0.4 is 11.1 Å². The lowest BCUT2D eigenvalue weighted by Crippen LogP contribution is -2.23. The van der Waals surface area contributed by atoms with Gasteiger partial charge in [-0.05, 0) is 30.0 Å². The highest BCUT2D eigenvalue weighted by atomic mass is 127. The first kappa shape index (κ1) is 17.2. The Morgan fingerprint density at radius 3 is 2.78 bits per heavy atom. The number of guanidine groups is 1. The lowest BCUT2D eigenvalue weighted by molar-refractivity contribution is 0.477. The number of hydrogen-bond donors (Lipinski definition) is 2. The predicted molar refractivity (Wildman–Crippen MR) is 86.7 cm³/mol. The Morgan fingerprint density at radius 1 is 1.44 bits per heavy atom. The van der Waals surface area contributed by atoms with Crippen LogP contribution in [0.3, 0.4) is 0 Å². The van der Waals surface area contributed by atoms with Crippen molar-refractivity contribution in [2.24, 2.45) is 10.7 Å². The number of nitrogens with zero attached hydrogens (tertiary/aromatic N) is 1. The second-order valence-electron chi connectivity index (χ2n) is 4.21. The number of halogens is 2. The van der Waals surface area contributed by atoms with Crippen LogP contribution in [-0.2, 0) is 0 Å². The fraction of sp³-hybridized carbons (Fsp3) is 0.462. The molecule has 18 heavy (non-hydrogen) atoms. The Bertz CT molecular complexity index is 380. The molecule has 0 unspecified atom stereocenters. The van der Waals surface area contributed by atoms with Crippen molar-refractivity contribution in [3.63, 3.8) is 0 Å². The molecule has 0 atom stereocenters. The zero-order valence-electron chi connectivity index (χ0n) is 10.8. The summed E-state index contributed by atoms with van der Waals surface area (Å²) >= 11 is 0. The van der Waals surface area contributed by atoms with Gasteiger partial charge in [0.1, 0.15) is 0 Å². The average molecular weight is 365 g/mol. The van der Waals surface area contributed by atoms with E-state index in [4.69, 9.17) is 5.73 Å². The zero-order valence-corrected chi connectivity index (χ0v) is 13.1. The van der Waals surface area contributed by atoms with Gasteiger partial charge in [0.25, 0.3) is 0 Å². The molecule has 0 aliphatic heterocycles. The summed E-state index contributed by atoms with van der Waals surface area (Å²) in [5, 5.41) is 3.00. The second kappa shape index (κ2) is 9.13. The smallest absolute Gasteiger partial charge is 0.193 e. The van der Waals surface area contributed by atoms with Gasteiger partial charge in [0.15, 0.2) is 5.96 Å². The van der Waals surface area contributed by atoms with E-state index >= 15 is 0 Å². The summed E-state index contributed by atoms with van der Waals surface area (Å²) < 4.78 is 11.9. The fourth-order valence-electron chi connectivity index (χ4n) is 1.42. The molecule has 3 nitrogen and oxygen atoms in total. The van der Waals surface area contributed by atoms with E-state index in [9.17, 15) is 4.39 Å². The first-order chi connectivity index (χ1) is 8.13. The van der Waals surface area contributed by atoms with E-state index in [1.807, 2.05) is 18.2 Å². The highest BCUT2D eigenvalue weighted by molar-refractivity contribution is 14.0. The third-order valence-corrected chi connectivity index (χ3v) is 2.40. The molecule has 1 aromatic carbocycles. The molecule has 0 fully saturated rings. The Labute approximate surface area is 125 Å². The van der Waals surface area contributed by atoms with Gasteiger partial charge >= 0.3 is 0 Å². The minimum Gasteiger partial charge on any atom is -0.370 e. The molecule has 0 spiro atoms. The molecule has 0 heterocycles. The quantitative estimate of drug-likeness (QED) is 0.363. The largest absolute Gasteiger partial charge is 0.370 e. The van der Waals surface area contributed by atoms with Crippen LogP contribution in [0.25, 0.3) is 0 Å². The topological polar surface area (TPSA) is 50.4 Å². The molecule has 0 aliphatic carbocycles. The minimum absolute atomic E-state index is 0. The van der Waals surface area contributed by atoms with Crippen molar-refractivity contribution in [2.45, 2.75) is 26.2 Å². The molecular formula is C13H21FIN3. The third kappa shape index (κ3) is 6.18. The maximum Gasteiger partial charge on any atom is 0.193 e. The number of benzene rings is 1. The van der Waals surface area contributed by atoms with E-state index in [0.29, 0.717) is 24.8 Å². The Morgan fingerprint density at radius 2 is 2.17 bits per heavy atom. The molecule has 1 rings (SSSR count). The number of rotatable bonds is 5. The van der Waals surface area contributed by atoms with Crippen LogP contribution in [0.15, 0.2) is 29.3 Å². The van der Waals surface area contributed by atoms with Gasteiger partial charge in [0.2, 0.25) is 0 Å². The van der Waals surface area contributed by atoms with Crippen LogP contribution in [0.1, 0.15) is 31.7 Å². The van der Waals surface area contributed by atoms with Crippen molar-refractivity contribution in [1.29, 1.82) is 0 Å². The SMILES string of the molecule is CC(C)c1cccc(NC(N)=NCCCF)c1.I. The van der Waals surface area contributed by atoms with Crippen molar-refractivity contribution < 1.29 is 4.39 Å². The zero-order chi connectivity index (χ0) is 12.7. The molecule has 102 valence electrons. The van der Waals surface area contributed by atoms with Crippen LogP contribution >= 0.6 is 24.0 Å². The first-order valence-electron chi connectivity index (χ1n) is 5.86. The monoisotopic (exact) mass is 365 g/mol. The fourth-order valence-corrected chi connectivity index (χ4v) is 1.42. The van der Waals surface area contributed by atoms with E-state index in [2.05, 4.69) is 30.2 Å². The molecule has 0 aromatic heterocycles. The molecule has 0 saturated carbocycles. The number of aliphatic imine (C=N–C) groups is 1.